The second kappa shape index (κ2) is 6.72. The van der Waals surface area contributed by atoms with Gasteiger partial charge in [-0.3, -0.25) is 4.98 Å². The molecule has 3 nitrogen and oxygen atoms in total. The molecule has 1 unspecified atom stereocenters. The van der Waals surface area contributed by atoms with Gasteiger partial charge in [-0.15, -0.1) is 0 Å². The van der Waals surface area contributed by atoms with Gasteiger partial charge in [0.1, 0.15) is 0 Å². The molecule has 1 atom stereocenters. The van der Waals surface area contributed by atoms with E-state index >= 15 is 0 Å². The molecule has 0 aliphatic carbocycles. The van der Waals surface area contributed by atoms with Crippen LogP contribution >= 0.6 is 0 Å². The summed E-state index contributed by atoms with van der Waals surface area (Å²) >= 11 is 0. The van der Waals surface area contributed by atoms with Crippen molar-refractivity contribution in [3.63, 3.8) is 0 Å². The molecule has 0 radical (unpaired) electrons. The molecular weight excluding hydrogens is 258 g/mol. The molecule has 0 saturated heterocycles. The van der Waals surface area contributed by atoms with E-state index in [0.29, 0.717) is 6.04 Å². The summed E-state index contributed by atoms with van der Waals surface area (Å²) in [6, 6.07) is 11.4. The SMILES string of the molecule is CC(Cc1ccc2c(c1)CCCN2)NCc1cccnc1. The number of rotatable bonds is 5. The lowest BCUT2D eigenvalue weighted by Crippen LogP contribution is -2.27. The maximum Gasteiger partial charge on any atom is 0.0372 e. The zero-order valence-corrected chi connectivity index (χ0v) is 12.6. The number of pyridine rings is 1. The van der Waals surface area contributed by atoms with Crippen molar-refractivity contribution in [2.75, 3.05) is 11.9 Å². The Morgan fingerprint density at radius 1 is 1.29 bits per heavy atom. The lowest BCUT2D eigenvalue weighted by Gasteiger charge is -2.20. The average Bonchev–Trinajstić information content (AvgIpc) is 2.54. The fraction of sp³-hybridized carbons (Fsp3) is 0.389. The molecule has 2 heterocycles. The molecular formula is C18H23N3. The number of hydrogen-bond acceptors (Lipinski definition) is 3. The molecule has 2 aromatic rings. The van der Waals surface area contributed by atoms with Crippen LogP contribution in [0.2, 0.25) is 0 Å². The van der Waals surface area contributed by atoms with Crippen molar-refractivity contribution in [2.24, 2.45) is 0 Å². The Labute approximate surface area is 126 Å². The second-order valence-electron chi connectivity index (χ2n) is 5.87. The van der Waals surface area contributed by atoms with Crippen molar-refractivity contribution in [1.29, 1.82) is 0 Å². The Bertz CT molecular complexity index is 580. The highest BCUT2D eigenvalue weighted by molar-refractivity contribution is 5.54. The zero-order valence-electron chi connectivity index (χ0n) is 12.6. The molecule has 0 spiro atoms. The van der Waals surface area contributed by atoms with E-state index in [1.165, 1.54) is 35.2 Å². The van der Waals surface area contributed by atoms with E-state index in [-0.39, 0.29) is 0 Å². The third-order valence-corrected chi connectivity index (χ3v) is 4.03. The van der Waals surface area contributed by atoms with Crippen LogP contribution in [0, 0.1) is 0 Å². The number of benzene rings is 1. The van der Waals surface area contributed by atoms with E-state index < -0.39 is 0 Å². The van der Waals surface area contributed by atoms with Crippen LogP contribution < -0.4 is 10.6 Å². The highest BCUT2D eigenvalue weighted by Crippen LogP contribution is 2.23. The molecule has 21 heavy (non-hydrogen) atoms. The van der Waals surface area contributed by atoms with Crippen molar-refractivity contribution in [3.8, 4) is 0 Å². The highest BCUT2D eigenvalue weighted by Gasteiger charge is 2.10. The van der Waals surface area contributed by atoms with Crippen LogP contribution in [0.5, 0.6) is 0 Å². The van der Waals surface area contributed by atoms with Gasteiger partial charge in [0.15, 0.2) is 0 Å². The van der Waals surface area contributed by atoms with Crippen molar-refractivity contribution in [2.45, 2.75) is 38.8 Å². The van der Waals surface area contributed by atoms with Gasteiger partial charge in [0.05, 0.1) is 0 Å². The van der Waals surface area contributed by atoms with E-state index in [0.717, 1.165) is 19.5 Å². The molecule has 3 heteroatoms. The molecule has 0 fully saturated rings. The van der Waals surface area contributed by atoms with Crippen LogP contribution in [-0.4, -0.2) is 17.6 Å². The molecule has 0 amide bonds. The minimum absolute atomic E-state index is 0.458. The number of aromatic nitrogens is 1. The predicted octanol–water partition coefficient (Wildman–Crippen LogP) is 3.16. The van der Waals surface area contributed by atoms with Crippen molar-refractivity contribution < 1.29 is 0 Å². The maximum atomic E-state index is 4.15. The molecule has 0 bridgehead atoms. The molecule has 1 aliphatic rings. The number of nitrogens with one attached hydrogen (secondary N) is 2. The normalized spacial score (nSPS) is 15.1. The van der Waals surface area contributed by atoms with E-state index in [9.17, 15) is 0 Å². The maximum absolute atomic E-state index is 4.15. The summed E-state index contributed by atoms with van der Waals surface area (Å²) in [5.74, 6) is 0. The predicted molar refractivity (Wildman–Crippen MR) is 87.5 cm³/mol. The Balaban J connectivity index is 1.56. The van der Waals surface area contributed by atoms with E-state index in [2.05, 4.69) is 46.8 Å². The Hall–Kier alpha value is -1.87. The van der Waals surface area contributed by atoms with Gasteiger partial charge in [-0.05, 0) is 55.0 Å². The number of aryl methyl sites for hydroxylation is 1. The lowest BCUT2D eigenvalue weighted by molar-refractivity contribution is 0.544. The van der Waals surface area contributed by atoms with Crippen LogP contribution in [0.1, 0.15) is 30.0 Å². The fourth-order valence-corrected chi connectivity index (χ4v) is 2.88. The van der Waals surface area contributed by atoms with Gasteiger partial charge < -0.3 is 10.6 Å². The van der Waals surface area contributed by atoms with Gasteiger partial charge in [0, 0.05) is 37.2 Å². The quantitative estimate of drug-likeness (QED) is 0.884. The van der Waals surface area contributed by atoms with Crippen LogP contribution in [0.15, 0.2) is 42.7 Å². The van der Waals surface area contributed by atoms with Gasteiger partial charge in [0.25, 0.3) is 0 Å². The van der Waals surface area contributed by atoms with Gasteiger partial charge in [-0.25, -0.2) is 0 Å². The average molecular weight is 281 g/mol. The monoisotopic (exact) mass is 281 g/mol. The first-order chi connectivity index (χ1) is 10.3. The first-order valence-corrected chi connectivity index (χ1v) is 7.79. The summed E-state index contributed by atoms with van der Waals surface area (Å²) in [7, 11) is 0. The molecule has 110 valence electrons. The summed E-state index contributed by atoms with van der Waals surface area (Å²) in [4.78, 5) is 4.15. The number of fused-ring (bicyclic) bond motifs is 1. The van der Waals surface area contributed by atoms with Crippen LogP contribution in [0.25, 0.3) is 0 Å². The van der Waals surface area contributed by atoms with Crippen LogP contribution in [0.3, 0.4) is 0 Å². The summed E-state index contributed by atoms with van der Waals surface area (Å²) in [5, 5.41) is 7.04. The third-order valence-electron chi connectivity index (χ3n) is 4.03. The van der Waals surface area contributed by atoms with Crippen molar-refractivity contribution in [3.05, 3.63) is 59.4 Å². The van der Waals surface area contributed by atoms with Gasteiger partial charge >= 0.3 is 0 Å². The Morgan fingerprint density at radius 3 is 3.10 bits per heavy atom. The number of anilines is 1. The largest absolute Gasteiger partial charge is 0.385 e. The number of hydrogen-bond donors (Lipinski definition) is 2. The summed E-state index contributed by atoms with van der Waals surface area (Å²) in [6.07, 6.45) is 7.24. The van der Waals surface area contributed by atoms with Gasteiger partial charge in [-0.1, -0.05) is 18.2 Å². The van der Waals surface area contributed by atoms with Crippen LogP contribution in [0.4, 0.5) is 5.69 Å². The summed E-state index contributed by atoms with van der Waals surface area (Å²) < 4.78 is 0. The molecule has 1 aliphatic heterocycles. The van der Waals surface area contributed by atoms with E-state index in [1.54, 1.807) is 0 Å². The van der Waals surface area contributed by atoms with Gasteiger partial charge in [-0.2, -0.15) is 0 Å². The number of nitrogens with zero attached hydrogens (tertiary/aromatic N) is 1. The molecule has 1 aromatic carbocycles. The molecule has 0 saturated carbocycles. The van der Waals surface area contributed by atoms with Crippen LogP contribution in [-0.2, 0) is 19.4 Å². The van der Waals surface area contributed by atoms with Gasteiger partial charge in [0.2, 0.25) is 0 Å². The minimum Gasteiger partial charge on any atom is -0.385 e. The van der Waals surface area contributed by atoms with E-state index in [4.69, 9.17) is 0 Å². The minimum atomic E-state index is 0.458. The Kier molecular flexibility index (Phi) is 4.51. The zero-order chi connectivity index (χ0) is 14.5. The van der Waals surface area contributed by atoms with E-state index in [1.807, 2.05) is 18.5 Å². The lowest BCUT2D eigenvalue weighted by atomic mass is 9.98. The first kappa shape index (κ1) is 14.1. The third kappa shape index (κ3) is 3.82. The molecule has 1 aromatic heterocycles. The van der Waals surface area contributed by atoms with Crippen molar-refractivity contribution >= 4 is 5.69 Å². The molecule has 3 rings (SSSR count). The first-order valence-electron chi connectivity index (χ1n) is 7.79. The summed E-state index contributed by atoms with van der Waals surface area (Å²) in [6.45, 7) is 4.23. The highest BCUT2D eigenvalue weighted by atomic mass is 14.9. The fourth-order valence-electron chi connectivity index (χ4n) is 2.88. The smallest absolute Gasteiger partial charge is 0.0372 e. The topological polar surface area (TPSA) is 37.0 Å². The Morgan fingerprint density at radius 2 is 2.24 bits per heavy atom. The molecule has 2 N–H and O–H groups in total. The second-order valence-corrected chi connectivity index (χ2v) is 5.87. The summed E-state index contributed by atoms with van der Waals surface area (Å²) in [5.41, 5.74) is 5.45. The standard InChI is InChI=1S/C18H23N3/c1-14(21-13-16-4-2-8-19-12-16)10-15-6-7-18-17(11-15)5-3-9-20-18/h2,4,6-8,11-12,14,20-21H,3,5,9-10,13H2,1H3. The van der Waals surface area contributed by atoms with Crippen molar-refractivity contribution in [1.82, 2.24) is 10.3 Å².